The lowest BCUT2D eigenvalue weighted by atomic mass is 9.96. The minimum absolute atomic E-state index is 0.203. The van der Waals surface area contributed by atoms with Gasteiger partial charge in [0.2, 0.25) is 0 Å². The molecule has 6 heteroatoms. The number of aliphatic hydroxyl groups excluding tert-OH is 1. The first-order chi connectivity index (χ1) is 9.70. The fourth-order valence-corrected chi connectivity index (χ4v) is 2.52. The minimum Gasteiger partial charge on any atom is -0.384 e. The first-order valence-electron chi connectivity index (χ1n) is 6.01. The van der Waals surface area contributed by atoms with Gasteiger partial charge in [-0.1, -0.05) is 45.7 Å². The van der Waals surface area contributed by atoms with Crippen molar-refractivity contribution in [2.24, 2.45) is 0 Å². The van der Waals surface area contributed by atoms with E-state index in [0.29, 0.717) is 15.1 Å². The summed E-state index contributed by atoms with van der Waals surface area (Å²) >= 11 is 8.97. The summed E-state index contributed by atoms with van der Waals surface area (Å²) in [5, 5.41) is 10.7. The highest BCUT2D eigenvalue weighted by Crippen LogP contribution is 2.38. The SMILES string of the molecule is Cc1ccc(C(O)c2ccc(Br)cc2C(F)(F)F)cc1Cl. The highest BCUT2D eigenvalue weighted by atomic mass is 79.9. The Morgan fingerprint density at radius 2 is 1.81 bits per heavy atom. The van der Waals surface area contributed by atoms with Crippen LogP contribution in [0, 0.1) is 6.92 Å². The molecule has 1 N–H and O–H groups in total. The average Bonchev–Trinajstić information content (AvgIpc) is 2.40. The van der Waals surface area contributed by atoms with Gasteiger partial charge in [0.05, 0.1) is 5.56 Å². The van der Waals surface area contributed by atoms with E-state index in [1.54, 1.807) is 19.1 Å². The largest absolute Gasteiger partial charge is 0.416 e. The van der Waals surface area contributed by atoms with Gasteiger partial charge in [-0.05, 0) is 41.8 Å². The van der Waals surface area contributed by atoms with E-state index in [9.17, 15) is 18.3 Å². The highest BCUT2D eigenvalue weighted by molar-refractivity contribution is 9.10. The van der Waals surface area contributed by atoms with E-state index in [4.69, 9.17) is 11.6 Å². The Morgan fingerprint density at radius 3 is 2.38 bits per heavy atom. The third-order valence-electron chi connectivity index (χ3n) is 3.13. The van der Waals surface area contributed by atoms with Crippen LogP contribution in [0.3, 0.4) is 0 Å². The van der Waals surface area contributed by atoms with Crippen molar-refractivity contribution >= 4 is 27.5 Å². The van der Waals surface area contributed by atoms with E-state index in [2.05, 4.69) is 15.9 Å². The third kappa shape index (κ3) is 3.59. The Hall–Kier alpha value is -1.04. The lowest BCUT2D eigenvalue weighted by molar-refractivity contribution is -0.139. The summed E-state index contributed by atoms with van der Waals surface area (Å²) in [6, 6.07) is 8.37. The van der Waals surface area contributed by atoms with Gasteiger partial charge in [0.15, 0.2) is 0 Å². The summed E-state index contributed by atoms with van der Waals surface area (Å²) < 4.78 is 39.6. The second kappa shape index (κ2) is 5.99. The third-order valence-corrected chi connectivity index (χ3v) is 4.03. The van der Waals surface area contributed by atoms with Crippen LogP contribution in [0.5, 0.6) is 0 Å². The van der Waals surface area contributed by atoms with Gasteiger partial charge in [-0.25, -0.2) is 0 Å². The minimum atomic E-state index is -4.55. The van der Waals surface area contributed by atoms with Crippen LogP contribution in [0.2, 0.25) is 5.02 Å². The van der Waals surface area contributed by atoms with Crippen LogP contribution in [0.1, 0.15) is 28.4 Å². The molecule has 0 amide bonds. The molecule has 0 saturated heterocycles. The molecule has 2 aromatic carbocycles. The van der Waals surface area contributed by atoms with Crippen molar-refractivity contribution in [2.45, 2.75) is 19.2 Å². The normalized spacial score (nSPS) is 13.3. The van der Waals surface area contributed by atoms with Gasteiger partial charge in [0, 0.05) is 9.50 Å². The molecular weight excluding hydrogens is 369 g/mol. The van der Waals surface area contributed by atoms with E-state index in [1.807, 2.05) is 0 Å². The maximum atomic E-state index is 13.1. The monoisotopic (exact) mass is 378 g/mol. The van der Waals surface area contributed by atoms with Crippen LogP contribution in [0.15, 0.2) is 40.9 Å². The smallest absolute Gasteiger partial charge is 0.384 e. The molecule has 0 bridgehead atoms. The summed E-state index contributed by atoms with van der Waals surface area (Å²) in [5.74, 6) is 0. The number of rotatable bonds is 2. The molecule has 0 radical (unpaired) electrons. The van der Waals surface area contributed by atoms with Crippen LogP contribution in [0.4, 0.5) is 13.2 Å². The van der Waals surface area contributed by atoms with Crippen LogP contribution in [-0.4, -0.2) is 5.11 Å². The zero-order valence-electron chi connectivity index (χ0n) is 10.9. The van der Waals surface area contributed by atoms with E-state index in [-0.39, 0.29) is 5.56 Å². The zero-order chi connectivity index (χ0) is 15.8. The van der Waals surface area contributed by atoms with E-state index in [1.165, 1.54) is 18.2 Å². The number of aryl methyl sites for hydroxylation is 1. The van der Waals surface area contributed by atoms with Gasteiger partial charge in [-0.2, -0.15) is 13.2 Å². The van der Waals surface area contributed by atoms with Crippen molar-refractivity contribution in [3.8, 4) is 0 Å². The number of aliphatic hydroxyl groups is 1. The second-order valence-corrected chi connectivity index (χ2v) is 5.96. The first-order valence-corrected chi connectivity index (χ1v) is 7.18. The molecule has 0 spiro atoms. The van der Waals surface area contributed by atoms with Gasteiger partial charge in [0.1, 0.15) is 6.10 Å². The Kier molecular flexibility index (Phi) is 4.66. The molecular formula is C15H11BrClF3O. The topological polar surface area (TPSA) is 20.2 Å². The Bertz CT molecular complexity index is 670. The van der Waals surface area contributed by atoms with Gasteiger partial charge >= 0.3 is 6.18 Å². The molecule has 1 unspecified atom stereocenters. The molecule has 1 atom stereocenters. The van der Waals surface area contributed by atoms with Crippen molar-refractivity contribution < 1.29 is 18.3 Å². The van der Waals surface area contributed by atoms with Crippen molar-refractivity contribution in [1.82, 2.24) is 0 Å². The number of halogens is 5. The second-order valence-electron chi connectivity index (χ2n) is 4.64. The first kappa shape index (κ1) is 16.3. The van der Waals surface area contributed by atoms with Crippen molar-refractivity contribution in [2.75, 3.05) is 0 Å². The molecule has 0 aromatic heterocycles. The lowest BCUT2D eigenvalue weighted by Gasteiger charge is -2.18. The van der Waals surface area contributed by atoms with Gasteiger partial charge in [-0.3, -0.25) is 0 Å². The average molecular weight is 380 g/mol. The Morgan fingerprint density at radius 1 is 1.14 bits per heavy atom. The predicted octanol–water partition coefficient (Wildman–Crippen LogP) is 5.51. The molecule has 2 rings (SSSR count). The fraction of sp³-hybridized carbons (Fsp3) is 0.200. The van der Waals surface area contributed by atoms with Crippen LogP contribution < -0.4 is 0 Å². The number of hydrogen-bond donors (Lipinski definition) is 1. The predicted molar refractivity (Wildman–Crippen MR) is 79.4 cm³/mol. The van der Waals surface area contributed by atoms with Crippen LogP contribution >= 0.6 is 27.5 Å². The maximum Gasteiger partial charge on any atom is 0.416 e. The molecule has 0 fully saturated rings. The molecule has 0 aliphatic heterocycles. The summed E-state index contributed by atoms with van der Waals surface area (Å²) in [7, 11) is 0. The maximum absolute atomic E-state index is 13.1. The van der Waals surface area contributed by atoms with Crippen molar-refractivity contribution in [3.63, 3.8) is 0 Å². The molecule has 112 valence electrons. The summed E-state index contributed by atoms with van der Waals surface area (Å²) in [6.45, 7) is 1.78. The van der Waals surface area contributed by atoms with Crippen molar-refractivity contribution in [1.29, 1.82) is 0 Å². The van der Waals surface area contributed by atoms with E-state index < -0.39 is 17.8 Å². The van der Waals surface area contributed by atoms with Gasteiger partial charge in [0.25, 0.3) is 0 Å². The molecule has 0 heterocycles. The molecule has 0 aliphatic rings. The summed E-state index contributed by atoms with van der Waals surface area (Å²) in [6.07, 6.45) is -5.94. The van der Waals surface area contributed by atoms with Gasteiger partial charge in [-0.15, -0.1) is 0 Å². The lowest BCUT2D eigenvalue weighted by Crippen LogP contribution is -2.13. The van der Waals surface area contributed by atoms with Crippen molar-refractivity contribution in [3.05, 3.63) is 68.1 Å². The molecule has 21 heavy (non-hydrogen) atoms. The highest BCUT2D eigenvalue weighted by Gasteiger charge is 2.35. The molecule has 2 aromatic rings. The fourth-order valence-electron chi connectivity index (χ4n) is 1.97. The zero-order valence-corrected chi connectivity index (χ0v) is 13.2. The van der Waals surface area contributed by atoms with E-state index in [0.717, 1.165) is 11.6 Å². The number of benzene rings is 2. The van der Waals surface area contributed by atoms with E-state index >= 15 is 0 Å². The van der Waals surface area contributed by atoms with Crippen LogP contribution in [-0.2, 0) is 6.18 Å². The summed E-state index contributed by atoms with van der Waals surface area (Å²) in [5.41, 5.74) is 0.0320. The Balaban J connectivity index is 2.52. The standard InChI is InChI=1S/C15H11BrClF3O/c1-8-2-3-9(6-13(8)17)14(21)11-5-4-10(16)7-12(11)15(18,19)20/h2-7,14,21H,1H3. The molecule has 0 aliphatic carbocycles. The quantitative estimate of drug-likeness (QED) is 0.729. The Labute approximate surface area is 133 Å². The molecule has 1 nitrogen and oxygen atoms in total. The summed E-state index contributed by atoms with van der Waals surface area (Å²) in [4.78, 5) is 0. The van der Waals surface area contributed by atoms with Gasteiger partial charge < -0.3 is 5.11 Å². The number of alkyl halides is 3. The number of hydrogen-bond acceptors (Lipinski definition) is 1. The van der Waals surface area contributed by atoms with Crippen LogP contribution in [0.25, 0.3) is 0 Å². The molecule has 0 saturated carbocycles.